The van der Waals surface area contributed by atoms with E-state index in [1.165, 1.54) is 5.56 Å². The lowest BCUT2D eigenvalue weighted by molar-refractivity contribution is 0.112. The molecule has 0 spiro atoms. The van der Waals surface area contributed by atoms with Crippen molar-refractivity contribution in [3.63, 3.8) is 0 Å². The summed E-state index contributed by atoms with van der Waals surface area (Å²) in [6.45, 7) is 7.95. The Kier molecular flexibility index (Phi) is 7.88. The van der Waals surface area contributed by atoms with Gasteiger partial charge in [0, 0.05) is 63.3 Å². The Hall–Kier alpha value is -4.57. The average Bonchev–Trinajstić information content (AvgIpc) is 3.54. The van der Waals surface area contributed by atoms with Crippen molar-refractivity contribution in [3.05, 3.63) is 77.7 Å². The largest absolute Gasteiger partial charge is 0.372 e. The third kappa shape index (κ3) is 5.72. The van der Waals surface area contributed by atoms with Gasteiger partial charge < -0.3 is 15.1 Å². The Morgan fingerprint density at radius 2 is 1.68 bits per heavy atom. The molecule has 0 bridgehead atoms. The predicted octanol–water partition coefficient (Wildman–Crippen LogP) is 4.10. The topological polar surface area (TPSA) is 96.5 Å². The number of anilines is 2. The Morgan fingerprint density at radius 1 is 0.925 bits per heavy atom. The highest BCUT2D eigenvalue weighted by molar-refractivity contribution is 5.88. The van der Waals surface area contributed by atoms with Crippen LogP contribution in [0.25, 0.3) is 28.2 Å². The average molecular weight is 538 g/mol. The fourth-order valence-electron chi connectivity index (χ4n) is 4.82. The summed E-state index contributed by atoms with van der Waals surface area (Å²) in [6, 6.07) is 16.0. The molecule has 1 aliphatic heterocycles. The normalized spacial score (nSPS) is 13.7. The van der Waals surface area contributed by atoms with Gasteiger partial charge in [-0.3, -0.25) is 14.5 Å². The molecule has 5 heterocycles. The number of fused-ring (bicyclic) bond motifs is 1. The van der Waals surface area contributed by atoms with Gasteiger partial charge in [0.2, 0.25) is 0 Å². The van der Waals surface area contributed by atoms with Crippen LogP contribution in [0.15, 0.2) is 60.9 Å². The first-order valence-corrected chi connectivity index (χ1v) is 13.4. The number of pyridine rings is 1. The molecule has 1 fully saturated rings. The number of benzene rings is 1. The van der Waals surface area contributed by atoms with E-state index in [1.54, 1.807) is 18.3 Å². The molecule has 0 unspecified atom stereocenters. The van der Waals surface area contributed by atoms with Crippen LogP contribution in [0.3, 0.4) is 0 Å². The van der Waals surface area contributed by atoms with Gasteiger partial charge in [-0.15, -0.1) is 0 Å². The third-order valence-electron chi connectivity index (χ3n) is 7.03. The van der Waals surface area contributed by atoms with Crippen LogP contribution in [0.1, 0.15) is 21.6 Å². The van der Waals surface area contributed by atoms with Gasteiger partial charge in [0.05, 0.1) is 17.5 Å². The van der Waals surface area contributed by atoms with Crippen LogP contribution in [-0.2, 0) is 7.05 Å². The second-order valence-electron chi connectivity index (χ2n) is 10.1. The number of hydrogen-bond donors (Lipinski definition) is 1. The number of aromatic nitrogens is 6. The summed E-state index contributed by atoms with van der Waals surface area (Å²) in [7, 11) is 6.07. The van der Waals surface area contributed by atoms with E-state index in [0.29, 0.717) is 5.56 Å². The van der Waals surface area contributed by atoms with Gasteiger partial charge in [-0.1, -0.05) is 29.8 Å². The SMILES string of the molecule is CNc1cn2nc(-c3c(-c4ccc(C)cc4)nn(C)c3N3CCN(C)CC3)ccc2n1.Cc1cc(C=O)ccn1. The van der Waals surface area contributed by atoms with Crippen molar-refractivity contribution in [3.8, 4) is 22.5 Å². The molecule has 10 heteroatoms. The van der Waals surface area contributed by atoms with E-state index < -0.39 is 0 Å². The fourth-order valence-corrected chi connectivity index (χ4v) is 4.82. The number of aryl methyl sites for hydroxylation is 3. The van der Waals surface area contributed by atoms with Crippen LogP contribution in [-0.4, -0.2) is 80.8 Å². The number of aldehydes is 1. The number of carbonyl (C=O) groups is 1. The molecule has 1 aromatic carbocycles. The number of carbonyl (C=O) groups excluding carboxylic acids is 1. The maximum absolute atomic E-state index is 10.1. The van der Waals surface area contributed by atoms with E-state index in [1.807, 2.05) is 42.5 Å². The van der Waals surface area contributed by atoms with E-state index in [4.69, 9.17) is 10.2 Å². The van der Waals surface area contributed by atoms with Gasteiger partial charge in [-0.25, -0.2) is 9.50 Å². The summed E-state index contributed by atoms with van der Waals surface area (Å²) in [5.41, 5.74) is 7.62. The molecule has 6 rings (SSSR count). The maximum atomic E-state index is 10.1. The number of imidazole rings is 1. The van der Waals surface area contributed by atoms with Crippen molar-refractivity contribution in [2.45, 2.75) is 13.8 Å². The second-order valence-corrected chi connectivity index (χ2v) is 10.1. The molecule has 0 aliphatic carbocycles. The zero-order valence-corrected chi connectivity index (χ0v) is 23.7. The van der Waals surface area contributed by atoms with Crippen LogP contribution in [0.5, 0.6) is 0 Å². The molecule has 4 aromatic heterocycles. The number of nitrogens with zero attached hydrogens (tertiary/aromatic N) is 8. The number of likely N-dealkylation sites (N-methyl/N-ethyl adjacent to an activating group) is 1. The van der Waals surface area contributed by atoms with E-state index in [0.717, 1.165) is 78.0 Å². The molecule has 10 nitrogen and oxygen atoms in total. The quantitative estimate of drug-likeness (QED) is 0.335. The van der Waals surface area contributed by atoms with Crippen LogP contribution >= 0.6 is 0 Å². The molecule has 206 valence electrons. The first-order chi connectivity index (χ1) is 19.4. The lowest BCUT2D eigenvalue weighted by atomic mass is 10.0. The van der Waals surface area contributed by atoms with Crippen molar-refractivity contribution in [1.29, 1.82) is 0 Å². The van der Waals surface area contributed by atoms with E-state index in [-0.39, 0.29) is 0 Å². The standard InChI is InChI=1S/C23H28N8.C7H7NO/c1-16-5-7-17(8-6-16)22-21(18-9-10-20-25-19(24-2)15-31(20)26-18)23(29(4)27-22)30-13-11-28(3)12-14-30;1-6-4-7(5-9)2-3-8-6/h5-10,15,24H,11-14H2,1-4H3;2-5H,1H3. The molecule has 1 N–H and O–H groups in total. The first kappa shape index (κ1) is 27.0. The molecule has 40 heavy (non-hydrogen) atoms. The smallest absolute Gasteiger partial charge is 0.156 e. The Morgan fingerprint density at radius 3 is 2.33 bits per heavy atom. The summed E-state index contributed by atoms with van der Waals surface area (Å²) in [5.74, 6) is 1.92. The van der Waals surface area contributed by atoms with Gasteiger partial charge >= 0.3 is 0 Å². The van der Waals surface area contributed by atoms with Crippen LogP contribution in [0.4, 0.5) is 11.6 Å². The van der Waals surface area contributed by atoms with Crippen LogP contribution < -0.4 is 10.2 Å². The van der Waals surface area contributed by atoms with Crippen LogP contribution in [0, 0.1) is 13.8 Å². The lowest BCUT2D eigenvalue weighted by Gasteiger charge is -2.34. The summed E-state index contributed by atoms with van der Waals surface area (Å²) < 4.78 is 3.84. The zero-order valence-electron chi connectivity index (χ0n) is 23.7. The molecule has 1 aliphatic rings. The fraction of sp³-hybridized carbons (Fsp3) is 0.300. The molecule has 5 aromatic rings. The number of nitrogens with one attached hydrogen (secondary N) is 1. The van der Waals surface area contributed by atoms with Gasteiger partial charge in [0.15, 0.2) is 5.65 Å². The van der Waals surface area contributed by atoms with E-state index in [2.05, 4.69) is 69.4 Å². The second kappa shape index (κ2) is 11.7. The molecule has 1 saturated heterocycles. The molecular formula is C30H35N9O. The van der Waals surface area contributed by atoms with Gasteiger partial charge in [-0.05, 0) is 45.2 Å². The molecule has 0 saturated carbocycles. The van der Waals surface area contributed by atoms with Crippen LogP contribution in [0.2, 0.25) is 0 Å². The van der Waals surface area contributed by atoms with Crippen molar-refractivity contribution < 1.29 is 4.79 Å². The van der Waals surface area contributed by atoms with Crippen molar-refractivity contribution in [2.24, 2.45) is 7.05 Å². The van der Waals surface area contributed by atoms with Crippen molar-refractivity contribution in [2.75, 3.05) is 50.5 Å². The number of hydrogen-bond acceptors (Lipinski definition) is 8. The highest BCUT2D eigenvalue weighted by Gasteiger charge is 2.27. The van der Waals surface area contributed by atoms with Gasteiger partial charge in [-0.2, -0.15) is 10.2 Å². The predicted molar refractivity (Wildman–Crippen MR) is 159 cm³/mol. The van der Waals surface area contributed by atoms with E-state index in [9.17, 15) is 4.79 Å². The van der Waals surface area contributed by atoms with Gasteiger partial charge in [0.1, 0.15) is 23.6 Å². The minimum absolute atomic E-state index is 0.683. The molecule has 0 radical (unpaired) electrons. The minimum Gasteiger partial charge on any atom is -0.372 e. The van der Waals surface area contributed by atoms with Crippen molar-refractivity contribution >= 4 is 23.6 Å². The third-order valence-corrected chi connectivity index (χ3v) is 7.03. The summed E-state index contributed by atoms with van der Waals surface area (Å²) in [4.78, 5) is 23.4. The summed E-state index contributed by atoms with van der Waals surface area (Å²) in [6.07, 6.45) is 4.35. The van der Waals surface area contributed by atoms with Gasteiger partial charge in [0.25, 0.3) is 0 Å². The maximum Gasteiger partial charge on any atom is 0.156 e. The van der Waals surface area contributed by atoms with Crippen molar-refractivity contribution in [1.82, 2.24) is 34.3 Å². The molecule has 0 amide bonds. The Labute approximate surface area is 234 Å². The summed E-state index contributed by atoms with van der Waals surface area (Å²) in [5, 5.41) is 13.0. The number of rotatable bonds is 5. The zero-order chi connectivity index (χ0) is 28.2. The first-order valence-electron chi connectivity index (χ1n) is 13.4. The molecule has 0 atom stereocenters. The highest BCUT2D eigenvalue weighted by atomic mass is 16.1. The highest BCUT2D eigenvalue weighted by Crippen LogP contribution is 2.39. The summed E-state index contributed by atoms with van der Waals surface area (Å²) >= 11 is 0. The molecular weight excluding hydrogens is 502 g/mol. The monoisotopic (exact) mass is 537 g/mol. The number of piperazine rings is 1. The Bertz CT molecular complexity index is 1610. The van der Waals surface area contributed by atoms with E-state index >= 15 is 0 Å². The minimum atomic E-state index is 0.683. The lowest BCUT2D eigenvalue weighted by Crippen LogP contribution is -2.45. The Balaban J connectivity index is 0.000000306.